The Morgan fingerprint density at radius 3 is 2.33 bits per heavy atom. The number of rotatable bonds is 7. The predicted molar refractivity (Wildman–Crippen MR) is 118 cm³/mol. The van der Waals surface area contributed by atoms with Gasteiger partial charge in [0.1, 0.15) is 0 Å². The molecule has 2 nitrogen and oxygen atoms in total. The molecule has 0 aliphatic carbocycles. The molecular formula is C24H30N2S. The smallest absolute Gasteiger partial charge is 0.0976 e. The van der Waals surface area contributed by atoms with Crippen LogP contribution in [-0.2, 0) is 12.8 Å². The minimum atomic E-state index is 0.915. The Hall–Kier alpha value is -1.97. The molecule has 0 aliphatic rings. The van der Waals surface area contributed by atoms with Crippen LogP contribution in [0.25, 0.3) is 11.3 Å². The van der Waals surface area contributed by atoms with Gasteiger partial charge in [0.2, 0.25) is 0 Å². The van der Waals surface area contributed by atoms with Crippen molar-refractivity contribution >= 4 is 11.3 Å². The van der Waals surface area contributed by atoms with Crippen LogP contribution < -0.4 is 0 Å². The molecular weight excluding hydrogens is 348 g/mol. The molecule has 0 N–H and O–H groups in total. The van der Waals surface area contributed by atoms with E-state index < -0.39 is 0 Å². The van der Waals surface area contributed by atoms with Crippen LogP contribution in [-0.4, -0.2) is 30.0 Å². The average Bonchev–Trinajstić information content (AvgIpc) is 3.12. The molecule has 0 saturated carbocycles. The zero-order valence-corrected chi connectivity index (χ0v) is 18.0. The van der Waals surface area contributed by atoms with E-state index in [0.717, 1.165) is 31.6 Å². The van der Waals surface area contributed by atoms with Crippen LogP contribution in [0.4, 0.5) is 0 Å². The third-order valence-electron chi connectivity index (χ3n) is 5.34. The highest BCUT2D eigenvalue weighted by atomic mass is 32.1. The lowest BCUT2D eigenvalue weighted by Gasteiger charge is -2.16. The van der Waals surface area contributed by atoms with Crippen LogP contribution in [0.5, 0.6) is 0 Å². The molecule has 0 bridgehead atoms. The summed E-state index contributed by atoms with van der Waals surface area (Å²) in [7, 11) is 2.19. The van der Waals surface area contributed by atoms with Gasteiger partial charge in [-0.05, 0) is 63.0 Å². The van der Waals surface area contributed by atoms with Crippen LogP contribution in [0, 0.1) is 20.8 Å². The van der Waals surface area contributed by atoms with Gasteiger partial charge in [0, 0.05) is 23.9 Å². The second-order valence-electron chi connectivity index (χ2n) is 7.52. The summed E-state index contributed by atoms with van der Waals surface area (Å²) in [5.41, 5.74) is 9.21. The van der Waals surface area contributed by atoms with Gasteiger partial charge >= 0.3 is 0 Å². The maximum Gasteiger partial charge on any atom is 0.0976 e. The quantitative estimate of drug-likeness (QED) is 0.515. The molecule has 27 heavy (non-hydrogen) atoms. The van der Waals surface area contributed by atoms with Gasteiger partial charge in [-0.15, -0.1) is 11.3 Å². The number of aromatic nitrogens is 1. The Labute approximate surface area is 167 Å². The number of nitrogens with zero attached hydrogens (tertiary/aromatic N) is 2. The first-order valence-electron chi connectivity index (χ1n) is 9.75. The van der Waals surface area contributed by atoms with E-state index in [0.29, 0.717) is 0 Å². The Morgan fingerprint density at radius 1 is 0.963 bits per heavy atom. The summed E-state index contributed by atoms with van der Waals surface area (Å²) in [6.07, 6.45) is 2.03. The van der Waals surface area contributed by atoms with E-state index in [1.54, 1.807) is 11.3 Å². The first-order valence-corrected chi connectivity index (χ1v) is 10.6. The Bertz CT molecular complexity index is 893. The maximum absolute atomic E-state index is 4.88. The summed E-state index contributed by atoms with van der Waals surface area (Å²) in [5, 5.41) is 3.36. The van der Waals surface area contributed by atoms with Crippen LogP contribution in [0.2, 0.25) is 0 Å². The second kappa shape index (κ2) is 8.81. The van der Waals surface area contributed by atoms with E-state index in [1.807, 2.05) is 0 Å². The molecule has 0 unspecified atom stereocenters. The lowest BCUT2D eigenvalue weighted by Crippen LogP contribution is -2.20. The molecule has 1 heterocycles. The standard InChI is InChI=1S/C24H30N2S/c1-6-26(5)12-11-21-13-19(4)22(14-18(21)3)15-24-25-23(16-27-24)20-9-7-17(2)8-10-20/h7-10,13-14,16H,6,11-12,15H2,1-5H3. The molecule has 142 valence electrons. The summed E-state index contributed by atoms with van der Waals surface area (Å²) >= 11 is 1.76. The van der Waals surface area contributed by atoms with Crippen molar-refractivity contribution in [3.8, 4) is 11.3 Å². The van der Waals surface area contributed by atoms with Crippen LogP contribution >= 0.6 is 11.3 Å². The zero-order valence-electron chi connectivity index (χ0n) is 17.2. The van der Waals surface area contributed by atoms with Gasteiger partial charge in [-0.1, -0.05) is 48.9 Å². The summed E-state index contributed by atoms with van der Waals surface area (Å²) in [6.45, 7) is 11.0. The first-order chi connectivity index (χ1) is 13.0. The Balaban J connectivity index is 1.74. The van der Waals surface area contributed by atoms with Gasteiger partial charge in [-0.2, -0.15) is 0 Å². The highest BCUT2D eigenvalue weighted by Crippen LogP contribution is 2.26. The van der Waals surface area contributed by atoms with Crippen molar-refractivity contribution in [2.75, 3.05) is 20.1 Å². The average molecular weight is 379 g/mol. The van der Waals surface area contributed by atoms with Gasteiger partial charge in [-0.25, -0.2) is 4.98 Å². The number of benzene rings is 2. The molecule has 0 fully saturated rings. The van der Waals surface area contributed by atoms with Crippen molar-refractivity contribution in [3.63, 3.8) is 0 Å². The van der Waals surface area contributed by atoms with Gasteiger partial charge in [-0.3, -0.25) is 0 Å². The van der Waals surface area contributed by atoms with E-state index in [9.17, 15) is 0 Å². The highest BCUT2D eigenvalue weighted by Gasteiger charge is 2.10. The van der Waals surface area contributed by atoms with Crippen molar-refractivity contribution in [2.24, 2.45) is 0 Å². The van der Waals surface area contributed by atoms with Crippen molar-refractivity contribution in [3.05, 3.63) is 74.6 Å². The fraction of sp³-hybridized carbons (Fsp3) is 0.375. The first kappa shape index (κ1) is 19.8. The number of aryl methyl sites for hydroxylation is 3. The largest absolute Gasteiger partial charge is 0.306 e. The molecule has 0 saturated heterocycles. The molecule has 0 radical (unpaired) electrons. The van der Waals surface area contributed by atoms with Crippen molar-refractivity contribution in [1.82, 2.24) is 9.88 Å². The van der Waals surface area contributed by atoms with Gasteiger partial charge in [0.15, 0.2) is 0 Å². The van der Waals surface area contributed by atoms with Crippen LogP contribution in [0.1, 0.15) is 39.7 Å². The number of hydrogen-bond donors (Lipinski definition) is 0. The molecule has 1 aromatic heterocycles. The Morgan fingerprint density at radius 2 is 1.63 bits per heavy atom. The van der Waals surface area contributed by atoms with Gasteiger partial charge in [0.25, 0.3) is 0 Å². The summed E-state index contributed by atoms with van der Waals surface area (Å²) < 4.78 is 0. The monoisotopic (exact) mass is 378 g/mol. The van der Waals surface area contributed by atoms with Crippen LogP contribution in [0.3, 0.4) is 0 Å². The lowest BCUT2D eigenvalue weighted by molar-refractivity contribution is 0.357. The fourth-order valence-electron chi connectivity index (χ4n) is 3.28. The minimum absolute atomic E-state index is 0.915. The zero-order chi connectivity index (χ0) is 19.4. The number of hydrogen-bond acceptors (Lipinski definition) is 3. The predicted octanol–water partition coefficient (Wildman–Crippen LogP) is 5.82. The molecule has 0 spiro atoms. The summed E-state index contributed by atoms with van der Waals surface area (Å²) in [6, 6.07) is 13.4. The minimum Gasteiger partial charge on any atom is -0.306 e. The van der Waals surface area contributed by atoms with Crippen LogP contribution in [0.15, 0.2) is 41.8 Å². The number of thiazole rings is 1. The Kier molecular flexibility index (Phi) is 6.46. The van der Waals surface area contributed by atoms with E-state index in [2.05, 4.69) is 81.4 Å². The SMILES string of the molecule is CCN(C)CCc1cc(C)c(Cc2nc(-c3ccc(C)cc3)cs2)cc1C. The van der Waals surface area contributed by atoms with Gasteiger partial charge < -0.3 is 4.90 Å². The van der Waals surface area contributed by atoms with E-state index in [4.69, 9.17) is 4.98 Å². The molecule has 0 amide bonds. The molecule has 3 heteroatoms. The number of likely N-dealkylation sites (N-methyl/N-ethyl adjacent to an activating group) is 1. The third kappa shape index (κ3) is 5.06. The summed E-state index contributed by atoms with van der Waals surface area (Å²) in [5.74, 6) is 0. The fourth-order valence-corrected chi connectivity index (χ4v) is 4.10. The van der Waals surface area contributed by atoms with Crippen molar-refractivity contribution in [1.29, 1.82) is 0 Å². The molecule has 0 atom stereocenters. The van der Waals surface area contributed by atoms with Crippen molar-refractivity contribution in [2.45, 2.75) is 40.5 Å². The lowest BCUT2D eigenvalue weighted by atomic mass is 9.96. The van der Waals surface area contributed by atoms with E-state index in [-0.39, 0.29) is 0 Å². The molecule has 2 aromatic carbocycles. The molecule has 3 aromatic rings. The maximum atomic E-state index is 4.88. The summed E-state index contributed by atoms with van der Waals surface area (Å²) in [4.78, 5) is 7.25. The normalized spacial score (nSPS) is 11.3. The van der Waals surface area contributed by atoms with Crippen molar-refractivity contribution < 1.29 is 0 Å². The topological polar surface area (TPSA) is 16.1 Å². The second-order valence-corrected chi connectivity index (χ2v) is 8.46. The third-order valence-corrected chi connectivity index (χ3v) is 6.19. The molecule has 0 aliphatic heterocycles. The van der Waals surface area contributed by atoms with E-state index >= 15 is 0 Å². The van der Waals surface area contributed by atoms with Gasteiger partial charge in [0.05, 0.1) is 10.7 Å². The molecule has 3 rings (SSSR count). The van der Waals surface area contributed by atoms with E-state index in [1.165, 1.54) is 38.4 Å². The highest BCUT2D eigenvalue weighted by molar-refractivity contribution is 7.10.